The minimum atomic E-state index is 0.966. The van der Waals surface area contributed by atoms with Crippen LogP contribution in [0.5, 0.6) is 0 Å². The summed E-state index contributed by atoms with van der Waals surface area (Å²) in [6.45, 7) is 4.32. The van der Waals surface area contributed by atoms with Crippen molar-refractivity contribution < 1.29 is 0 Å². The Morgan fingerprint density at radius 3 is 2.54 bits per heavy atom. The van der Waals surface area contributed by atoms with Crippen molar-refractivity contribution in [1.29, 1.82) is 0 Å². The Hall–Kier alpha value is -2.67. The number of rotatable bonds is 5. The van der Waals surface area contributed by atoms with Crippen molar-refractivity contribution in [2.24, 2.45) is 0 Å². The van der Waals surface area contributed by atoms with Crippen molar-refractivity contribution in [1.82, 2.24) is 4.98 Å². The SMILES string of the molecule is CCCCc1ccc(-c2cccc3c2C=C(c2ccc(C)cn2)C3)cc1. The molecule has 0 amide bonds. The van der Waals surface area contributed by atoms with Gasteiger partial charge in [0.2, 0.25) is 0 Å². The maximum atomic E-state index is 4.62. The van der Waals surface area contributed by atoms with E-state index in [0.717, 1.165) is 12.1 Å². The third-order valence-corrected chi connectivity index (χ3v) is 5.22. The largest absolute Gasteiger partial charge is 0.256 e. The number of nitrogens with zero attached hydrogens (tertiary/aromatic N) is 1. The van der Waals surface area contributed by atoms with E-state index in [1.165, 1.54) is 58.2 Å². The number of benzene rings is 2. The average Bonchev–Trinajstić information content (AvgIpc) is 3.11. The second kappa shape index (κ2) is 7.29. The Morgan fingerprint density at radius 1 is 0.962 bits per heavy atom. The molecule has 130 valence electrons. The predicted molar refractivity (Wildman–Crippen MR) is 111 cm³/mol. The highest BCUT2D eigenvalue weighted by atomic mass is 14.7. The molecule has 0 N–H and O–H groups in total. The van der Waals surface area contributed by atoms with Crippen LogP contribution in [0.15, 0.2) is 60.8 Å². The summed E-state index contributed by atoms with van der Waals surface area (Å²) in [7, 11) is 0. The number of fused-ring (bicyclic) bond motifs is 1. The molecule has 0 spiro atoms. The van der Waals surface area contributed by atoms with Gasteiger partial charge in [-0.1, -0.05) is 61.9 Å². The lowest BCUT2D eigenvalue weighted by atomic mass is 9.96. The molecule has 0 bridgehead atoms. The van der Waals surface area contributed by atoms with Gasteiger partial charge in [0, 0.05) is 12.6 Å². The van der Waals surface area contributed by atoms with Crippen LogP contribution in [0.1, 0.15) is 47.7 Å². The number of aryl methyl sites for hydroxylation is 2. The number of hydrogen-bond acceptors (Lipinski definition) is 1. The zero-order valence-corrected chi connectivity index (χ0v) is 15.6. The highest BCUT2D eigenvalue weighted by molar-refractivity contribution is 5.93. The van der Waals surface area contributed by atoms with E-state index in [0.29, 0.717) is 0 Å². The molecule has 4 rings (SSSR count). The Labute approximate surface area is 156 Å². The van der Waals surface area contributed by atoms with Gasteiger partial charge in [0.1, 0.15) is 0 Å². The normalized spacial score (nSPS) is 12.8. The van der Waals surface area contributed by atoms with Crippen LogP contribution in [-0.4, -0.2) is 4.98 Å². The molecule has 1 heterocycles. The summed E-state index contributed by atoms with van der Waals surface area (Å²) >= 11 is 0. The molecule has 1 heteroatoms. The lowest BCUT2D eigenvalue weighted by Crippen LogP contribution is -1.90. The molecular formula is C25H25N. The van der Waals surface area contributed by atoms with Crippen LogP contribution in [0.25, 0.3) is 22.8 Å². The second-order valence-corrected chi connectivity index (χ2v) is 7.25. The molecule has 1 aliphatic carbocycles. The van der Waals surface area contributed by atoms with Crippen LogP contribution < -0.4 is 0 Å². The van der Waals surface area contributed by atoms with Gasteiger partial charge in [0.05, 0.1) is 5.69 Å². The minimum Gasteiger partial charge on any atom is -0.256 e. The molecule has 0 saturated carbocycles. The Morgan fingerprint density at radius 2 is 1.81 bits per heavy atom. The Kier molecular flexibility index (Phi) is 4.71. The van der Waals surface area contributed by atoms with E-state index in [1.54, 1.807) is 0 Å². The average molecular weight is 339 g/mol. The van der Waals surface area contributed by atoms with E-state index in [4.69, 9.17) is 0 Å². The fourth-order valence-electron chi connectivity index (χ4n) is 3.67. The molecule has 1 aliphatic rings. The predicted octanol–water partition coefficient (Wildman–Crippen LogP) is 6.50. The number of unbranched alkanes of at least 4 members (excludes halogenated alkanes) is 1. The number of allylic oxidation sites excluding steroid dienone is 1. The first-order chi connectivity index (χ1) is 12.7. The van der Waals surface area contributed by atoms with Gasteiger partial charge in [-0.25, -0.2) is 0 Å². The van der Waals surface area contributed by atoms with Crippen molar-refractivity contribution in [2.45, 2.75) is 39.5 Å². The molecule has 0 atom stereocenters. The molecule has 1 nitrogen and oxygen atoms in total. The molecule has 1 aromatic heterocycles. The van der Waals surface area contributed by atoms with Gasteiger partial charge in [0.25, 0.3) is 0 Å². The molecule has 0 saturated heterocycles. The van der Waals surface area contributed by atoms with E-state index in [-0.39, 0.29) is 0 Å². The van der Waals surface area contributed by atoms with E-state index in [2.05, 4.69) is 79.5 Å². The standard InChI is InChI=1S/C25H25N/c1-3-4-6-19-10-12-20(13-11-19)23-8-5-7-21-15-22(16-24(21)23)25-14-9-18(2)17-26-25/h5,7-14,16-17H,3-4,6,15H2,1-2H3. The highest BCUT2D eigenvalue weighted by Crippen LogP contribution is 2.37. The summed E-state index contributed by atoms with van der Waals surface area (Å²) in [5.74, 6) is 0. The smallest absolute Gasteiger partial charge is 0.0665 e. The van der Waals surface area contributed by atoms with Gasteiger partial charge >= 0.3 is 0 Å². The maximum Gasteiger partial charge on any atom is 0.0665 e. The zero-order valence-electron chi connectivity index (χ0n) is 15.6. The summed E-state index contributed by atoms with van der Waals surface area (Å²) in [6, 6.07) is 20.0. The van der Waals surface area contributed by atoms with Crippen molar-refractivity contribution in [2.75, 3.05) is 0 Å². The summed E-state index contributed by atoms with van der Waals surface area (Å²) in [5, 5.41) is 0. The van der Waals surface area contributed by atoms with Gasteiger partial charge in [-0.05, 0) is 70.9 Å². The minimum absolute atomic E-state index is 0.966. The quantitative estimate of drug-likeness (QED) is 0.517. The van der Waals surface area contributed by atoms with Crippen LogP contribution in [0, 0.1) is 6.92 Å². The Bertz CT molecular complexity index is 931. The van der Waals surface area contributed by atoms with Crippen LogP contribution in [0.3, 0.4) is 0 Å². The third kappa shape index (κ3) is 3.35. The summed E-state index contributed by atoms with van der Waals surface area (Å²) in [4.78, 5) is 4.62. The summed E-state index contributed by atoms with van der Waals surface area (Å²) in [6.07, 6.45) is 8.92. The van der Waals surface area contributed by atoms with Crippen LogP contribution >= 0.6 is 0 Å². The molecule has 26 heavy (non-hydrogen) atoms. The highest BCUT2D eigenvalue weighted by Gasteiger charge is 2.18. The number of aromatic nitrogens is 1. The Balaban J connectivity index is 1.66. The second-order valence-electron chi connectivity index (χ2n) is 7.25. The van der Waals surface area contributed by atoms with Crippen molar-refractivity contribution in [3.63, 3.8) is 0 Å². The first-order valence-corrected chi connectivity index (χ1v) is 9.59. The number of hydrogen-bond donors (Lipinski definition) is 0. The first-order valence-electron chi connectivity index (χ1n) is 9.59. The van der Waals surface area contributed by atoms with Crippen molar-refractivity contribution >= 4 is 11.6 Å². The number of pyridine rings is 1. The van der Waals surface area contributed by atoms with Gasteiger partial charge < -0.3 is 0 Å². The fraction of sp³-hybridized carbons (Fsp3) is 0.240. The topological polar surface area (TPSA) is 12.9 Å². The van der Waals surface area contributed by atoms with Gasteiger partial charge in [-0.15, -0.1) is 0 Å². The first kappa shape index (κ1) is 16.8. The summed E-state index contributed by atoms with van der Waals surface area (Å²) in [5.41, 5.74) is 10.4. The molecule has 2 aromatic carbocycles. The monoisotopic (exact) mass is 339 g/mol. The lowest BCUT2D eigenvalue weighted by Gasteiger charge is -2.09. The molecular weight excluding hydrogens is 314 g/mol. The van der Waals surface area contributed by atoms with Crippen LogP contribution in [0.4, 0.5) is 0 Å². The third-order valence-electron chi connectivity index (χ3n) is 5.22. The molecule has 0 radical (unpaired) electrons. The van der Waals surface area contributed by atoms with Gasteiger partial charge in [-0.2, -0.15) is 0 Å². The van der Waals surface area contributed by atoms with Gasteiger partial charge in [-0.3, -0.25) is 4.98 Å². The summed E-state index contributed by atoms with van der Waals surface area (Å²) < 4.78 is 0. The van der Waals surface area contributed by atoms with E-state index in [1.807, 2.05) is 6.20 Å². The van der Waals surface area contributed by atoms with Crippen molar-refractivity contribution in [3.8, 4) is 11.1 Å². The lowest BCUT2D eigenvalue weighted by molar-refractivity contribution is 0.795. The van der Waals surface area contributed by atoms with Crippen LogP contribution in [-0.2, 0) is 12.8 Å². The van der Waals surface area contributed by atoms with Gasteiger partial charge in [0.15, 0.2) is 0 Å². The van der Waals surface area contributed by atoms with Crippen molar-refractivity contribution in [3.05, 3.63) is 88.7 Å². The molecule has 0 fully saturated rings. The molecule has 0 aliphatic heterocycles. The van der Waals surface area contributed by atoms with Crippen LogP contribution in [0.2, 0.25) is 0 Å². The molecule has 3 aromatic rings. The van der Waals surface area contributed by atoms with E-state index >= 15 is 0 Å². The fourth-order valence-corrected chi connectivity index (χ4v) is 3.67. The van der Waals surface area contributed by atoms with E-state index < -0.39 is 0 Å². The zero-order chi connectivity index (χ0) is 17.9. The maximum absolute atomic E-state index is 4.62. The molecule has 0 unspecified atom stereocenters. The van der Waals surface area contributed by atoms with E-state index in [9.17, 15) is 0 Å².